The van der Waals surface area contributed by atoms with Gasteiger partial charge in [0.1, 0.15) is 11.6 Å². The predicted octanol–water partition coefficient (Wildman–Crippen LogP) is 3.47. The van der Waals surface area contributed by atoms with E-state index in [0.717, 1.165) is 0 Å². The van der Waals surface area contributed by atoms with Crippen LogP contribution in [0.15, 0.2) is 30.3 Å². The van der Waals surface area contributed by atoms with Gasteiger partial charge in [-0.05, 0) is 24.3 Å². The first-order valence-corrected chi connectivity index (χ1v) is 6.73. The first-order valence-electron chi connectivity index (χ1n) is 5.97. The Bertz CT molecular complexity index is 867. The lowest BCUT2D eigenvalue weighted by atomic mass is 10.0. The lowest BCUT2D eigenvalue weighted by Crippen LogP contribution is -2.01. The molecule has 0 spiro atoms. The molecule has 0 atom stereocenters. The lowest BCUT2D eigenvalue weighted by Gasteiger charge is -2.11. The molecule has 0 fully saturated rings. The summed E-state index contributed by atoms with van der Waals surface area (Å²) in [7, 11) is 0. The molecule has 0 aliphatic heterocycles. The number of phenolic OH excluding ortho intramolecular Hbond substituents is 1. The molecule has 5 N–H and O–H groups in total. The standard InChI is InChI=1S/C14H10Cl2N4O/c15-6-1-4-10(21)8(5-6)7-2-3-9-11(12(7)16)13(17)20-14(18)19-9/h1-5,21H,(H4,17,18,19,20). The minimum atomic E-state index is 0.0654. The number of hydrogen-bond acceptors (Lipinski definition) is 5. The van der Waals surface area contributed by atoms with Gasteiger partial charge in [0.05, 0.1) is 15.9 Å². The summed E-state index contributed by atoms with van der Waals surface area (Å²) in [5, 5.41) is 11.3. The summed E-state index contributed by atoms with van der Waals surface area (Å²) < 4.78 is 0. The SMILES string of the molecule is Nc1nc(N)c2c(Cl)c(-c3cc(Cl)ccc3O)ccc2n1. The van der Waals surface area contributed by atoms with Crippen molar-refractivity contribution < 1.29 is 5.11 Å². The fraction of sp³-hybridized carbons (Fsp3) is 0. The van der Waals surface area contributed by atoms with Crippen molar-refractivity contribution in [1.82, 2.24) is 9.97 Å². The van der Waals surface area contributed by atoms with Crippen molar-refractivity contribution in [3.05, 3.63) is 40.4 Å². The minimum absolute atomic E-state index is 0.0654. The summed E-state index contributed by atoms with van der Waals surface area (Å²) >= 11 is 12.4. The van der Waals surface area contributed by atoms with Gasteiger partial charge in [0.2, 0.25) is 5.95 Å². The first-order chi connectivity index (χ1) is 9.97. The van der Waals surface area contributed by atoms with Crippen LogP contribution in [0.2, 0.25) is 10.0 Å². The van der Waals surface area contributed by atoms with E-state index in [9.17, 15) is 5.11 Å². The van der Waals surface area contributed by atoms with Crippen LogP contribution in [0.25, 0.3) is 22.0 Å². The van der Waals surface area contributed by atoms with E-state index in [1.165, 1.54) is 6.07 Å². The van der Waals surface area contributed by atoms with Gasteiger partial charge in [-0.15, -0.1) is 0 Å². The van der Waals surface area contributed by atoms with E-state index >= 15 is 0 Å². The molecular formula is C14H10Cl2N4O. The maximum absolute atomic E-state index is 10.00. The second-order valence-electron chi connectivity index (χ2n) is 4.45. The van der Waals surface area contributed by atoms with Crippen LogP contribution < -0.4 is 11.5 Å². The van der Waals surface area contributed by atoms with Gasteiger partial charge in [-0.25, -0.2) is 4.98 Å². The number of nitrogen functional groups attached to an aromatic ring is 2. The van der Waals surface area contributed by atoms with Crippen molar-refractivity contribution in [2.45, 2.75) is 0 Å². The van der Waals surface area contributed by atoms with Gasteiger partial charge >= 0.3 is 0 Å². The molecule has 106 valence electrons. The van der Waals surface area contributed by atoms with E-state index in [1.54, 1.807) is 24.3 Å². The van der Waals surface area contributed by atoms with E-state index in [2.05, 4.69) is 9.97 Å². The van der Waals surface area contributed by atoms with Crippen molar-refractivity contribution in [2.24, 2.45) is 0 Å². The van der Waals surface area contributed by atoms with Crippen molar-refractivity contribution >= 4 is 45.9 Å². The summed E-state index contributed by atoms with van der Waals surface area (Å²) in [6.07, 6.45) is 0. The van der Waals surface area contributed by atoms with Gasteiger partial charge in [-0.1, -0.05) is 29.3 Å². The summed E-state index contributed by atoms with van der Waals surface area (Å²) in [4.78, 5) is 7.99. The average molecular weight is 321 g/mol. The monoisotopic (exact) mass is 320 g/mol. The van der Waals surface area contributed by atoms with Gasteiger partial charge in [0.15, 0.2) is 0 Å². The number of rotatable bonds is 1. The molecule has 5 nitrogen and oxygen atoms in total. The predicted molar refractivity (Wildman–Crippen MR) is 85.5 cm³/mol. The van der Waals surface area contributed by atoms with Crippen LogP contribution in [0, 0.1) is 0 Å². The third-order valence-corrected chi connectivity index (χ3v) is 3.72. The van der Waals surface area contributed by atoms with Crippen molar-refractivity contribution in [3.63, 3.8) is 0 Å². The number of halogens is 2. The Morgan fingerprint density at radius 2 is 1.71 bits per heavy atom. The molecule has 1 heterocycles. The Morgan fingerprint density at radius 3 is 2.48 bits per heavy atom. The smallest absolute Gasteiger partial charge is 0.222 e. The molecule has 1 aromatic heterocycles. The van der Waals surface area contributed by atoms with Gasteiger partial charge < -0.3 is 16.6 Å². The van der Waals surface area contributed by atoms with Crippen LogP contribution in [0.5, 0.6) is 5.75 Å². The van der Waals surface area contributed by atoms with E-state index < -0.39 is 0 Å². The summed E-state index contributed by atoms with van der Waals surface area (Å²) in [6.45, 7) is 0. The highest BCUT2D eigenvalue weighted by molar-refractivity contribution is 6.39. The molecule has 0 bridgehead atoms. The first kappa shape index (κ1) is 13.7. The Balaban J connectivity index is 2.35. The number of phenols is 1. The number of benzene rings is 2. The van der Waals surface area contributed by atoms with E-state index in [4.69, 9.17) is 34.7 Å². The topological polar surface area (TPSA) is 98.0 Å². The zero-order chi connectivity index (χ0) is 15.1. The maximum Gasteiger partial charge on any atom is 0.222 e. The quantitative estimate of drug-likeness (QED) is 0.637. The van der Waals surface area contributed by atoms with Gasteiger partial charge in [0.25, 0.3) is 0 Å². The third kappa shape index (κ3) is 2.30. The fourth-order valence-electron chi connectivity index (χ4n) is 2.16. The summed E-state index contributed by atoms with van der Waals surface area (Å²) in [6, 6.07) is 8.15. The molecule has 0 unspecified atom stereocenters. The van der Waals surface area contributed by atoms with Crippen molar-refractivity contribution in [2.75, 3.05) is 11.5 Å². The van der Waals surface area contributed by atoms with Crippen LogP contribution >= 0.6 is 23.2 Å². The number of nitrogens with two attached hydrogens (primary N) is 2. The molecule has 3 aromatic rings. The molecular weight excluding hydrogens is 311 g/mol. The molecule has 0 aliphatic rings. The molecule has 0 aliphatic carbocycles. The Kier molecular flexibility index (Phi) is 3.23. The molecule has 0 saturated heterocycles. The van der Waals surface area contributed by atoms with Gasteiger partial charge in [0, 0.05) is 16.1 Å². The summed E-state index contributed by atoms with van der Waals surface area (Å²) in [5.74, 6) is 0.330. The molecule has 3 rings (SSSR count). The molecule has 7 heteroatoms. The van der Waals surface area contributed by atoms with Crippen LogP contribution in [0.4, 0.5) is 11.8 Å². The van der Waals surface area contributed by atoms with Crippen LogP contribution in [-0.4, -0.2) is 15.1 Å². The molecule has 21 heavy (non-hydrogen) atoms. The number of aromatic hydroxyl groups is 1. The highest BCUT2D eigenvalue weighted by Gasteiger charge is 2.15. The number of anilines is 2. The van der Waals surface area contributed by atoms with E-state index in [-0.39, 0.29) is 17.5 Å². The molecule has 0 radical (unpaired) electrons. The minimum Gasteiger partial charge on any atom is -0.507 e. The van der Waals surface area contributed by atoms with E-state index in [1.807, 2.05) is 0 Å². The molecule has 0 saturated carbocycles. The van der Waals surface area contributed by atoms with Crippen LogP contribution in [0.3, 0.4) is 0 Å². The van der Waals surface area contributed by atoms with Gasteiger partial charge in [-0.3, -0.25) is 0 Å². The zero-order valence-electron chi connectivity index (χ0n) is 10.6. The molecule has 0 amide bonds. The van der Waals surface area contributed by atoms with Crippen LogP contribution in [-0.2, 0) is 0 Å². The maximum atomic E-state index is 10.00. The highest BCUT2D eigenvalue weighted by Crippen LogP contribution is 2.40. The number of hydrogen-bond donors (Lipinski definition) is 3. The van der Waals surface area contributed by atoms with Crippen molar-refractivity contribution in [1.29, 1.82) is 0 Å². The lowest BCUT2D eigenvalue weighted by molar-refractivity contribution is 0.477. The Hall–Kier alpha value is -2.24. The highest BCUT2D eigenvalue weighted by atomic mass is 35.5. The number of nitrogens with zero attached hydrogens (tertiary/aromatic N) is 2. The van der Waals surface area contributed by atoms with Crippen LogP contribution in [0.1, 0.15) is 0 Å². The van der Waals surface area contributed by atoms with Gasteiger partial charge in [-0.2, -0.15) is 4.98 Å². The average Bonchev–Trinajstić information content (AvgIpc) is 2.41. The Morgan fingerprint density at radius 1 is 0.952 bits per heavy atom. The second kappa shape index (κ2) is 4.95. The Labute approximate surface area is 130 Å². The fourth-order valence-corrected chi connectivity index (χ4v) is 2.69. The number of aromatic nitrogens is 2. The zero-order valence-corrected chi connectivity index (χ0v) is 12.2. The molecule has 2 aromatic carbocycles. The van der Waals surface area contributed by atoms with E-state index in [0.29, 0.717) is 32.1 Å². The largest absolute Gasteiger partial charge is 0.507 e. The summed E-state index contributed by atoms with van der Waals surface area (Å²) in [5.41, 5.74) is 13.1. The second-order valence-corrected chi connectivity index (χ2v) is 5.26. The normalized spacial score (nSPS) is 11.0. The number of fused-ring (bicyclic) bond motifs is 1. The van der Waals surface area contributed by atoms with Crippen molar-refractivity contribution in [3.8, 4) is 16.9 Å². The third-order valence-electron chi connectivity index (χ3n) is 3.09.